The van der Waals surface area contributed by atoms with Crippen molar-refractivity contribution in [2.24, 2.45) is 0 Å². The van der Waals surface area contributed by atoms with Gasteiger partial charge in [-0.25, -0.2) is 4.79 Å². The third kappa shape index (κ3) is 5.21. The summed E-state index contributed by atoms with van der Waals surface area (Å²) < 4.78 is 4.76. The van der Waals surface area contributed by atoms with Crippen LogP contribution in [0.2, 0.25) is 0 Å². The molecule has 3 rings (SSSR count). The maximum atomic E-state index is 12.3. The predicted molar refractivity (Wildman–Crippen MR) is 113 cm³/mol. The van der Waals surface area contributed by atoms with Gasteiger partial charge in [0.1, 0.15) is 6.04 Å². The first kappa shape index (κ1) is 23.0. The van der Waals surface area contributed by atoms with Crippen molar-refractivity contribution in [2.45, 2.75) is 44.6 Å². The molecular formula is C21H29N2O5P. The highest BCUT2D eigenvalue weighted by Crippen LogP contribution is 2.23. The van der Waals surface area contributed by atoms with Gasteiger partial charge in [-0.1, -0.05) is 31.6 Å². The first-order valence-corrected chi connectivity index (χ1v) is 11.1. The van der Waals surface area contributed by atoms with Crippen molar-refractivity contribution in [1.82, 2.24) is 9.80 Å². The largest absolute Gasteiger partial charge is 0.467 e. The number of hydrogen-bond donors (Lipinski definition) is 0. The van der Waals surface area contributed by atoms with Gasteiger partial charge in [0.2, 0.25) is 5.91 Å². The molecule has 1 aromatic carbocycles. The molecule has 0 aliphatic carbocycles. The van der Waals surface area contributed by atoms with Crippen molar-refractivity contribution in [3.63, 3.8) is 0 Å². The number of benzene rings is 1. The number of rotatable bonds is 8. The van der Waals surface area contributed by atoms with Crippen LogP contribution in [0.1, 0.15) is 59.2 Å². The fourth-order valence-corrected chi connectivity index (χ4v) is 3.74. The molecule has 0 aromatic heterocycles. The van der Waals surface area contributed by atoms with E-state index in [-0.39, 0.29) is 23.7 Å². The smallest absolute Gasteiger partial charge is 0.328 e. The molecule has 0 N–H and O–H groups in total. The minimum atomic E-state index is -0.458. The Morgan fingerprint density at radius 2 is 1.55 bits per heavy atom. The first-order valence-electron chi connectivity index (χ1n) is 9.95. The lowest BCUT2D eigenvalue weighted by Gasteiger charge is -2.22. The van der Waals surface area contributed by atoms with Crippen molar-refractivity contribution < 1.29 is 23.9 Å². The van der Waals surface area contributed by atoms with E-state index in [2.05, 4.69) is 9.24 Å². The second kappa shape index (κ2) is 11.1. The average Bonchev–Trinajstić information content (AvgIpc) is 3.24. The maximum absolute atomic E-state index is 12.3. The van der Waals surface area contributed by atoms with Crippen LogP contribution in [0.3, 0.4) is 0 Å². The highest BCUT2D eigenvalue weighted by atomic mass is 31.0. The molecule has 1 aromatic rings. The van der Waals surface area contributed by atoms with Gasteiger partial charge in [-0.3, -0.25) is 19.3 Å². The number of esters is 1. The predicted octanol–water partition coefficient (Wildman–Crippen LogP) is 2.50. The van der Waals surface area contributed by atoms with E-state index in [9.17, 15) is 19.2 Å². The summed E-state index contributed by atoms with van der Waals surface area (Å²) in [4.78, 5) is 51.1. The van der Waals surface area contributed by atoms with E-state index in [0.29, 0.717) is 37.1 Å². The molecule has 0 saturated carbocycles. The number of ether oxygens (including phenoxy) is 1. The SMILES string of the molecule is COC(=O)C1CCC(=O)N1CCCCCCN1C(=O)c2ccccc2C1=O.CP. The Hall–Kier alpha value is -2.27. The Morgan fingerprint density at radius 3 is 2.10 bits per heavy atom. The highest BCUT2D eigenvalue weighted by molar-refractivity contribution is 7.15. The molecule has 29 heavy (non-hydrogen) atoms. The Kier molecular flexibility index (Phi) is 8.77. The molecule has 0 spiro atoms. The average molecular weight is 420 g/mol. The number of nitrogens with zero attached hydrogens (tertiary/aromatic N) is 2. The van der Waals surface area contributed by atoms with Crippen molar-refractivity contribution >= 4 is 32.9 Å². The van der Waals surface area contributed by atoms with Gasteiger partial charge in [0, 0.05) is 19.5 Å². The van der Waals surface area contributed by atoms with Crippen LogP contribution in [0.5, 0.6) is 0 Å². The van der Waals surface area contributed by atoms with Gasteiger partial charge in [-0.05, 0) is 31.4 Å². The van der Waals surface area contributed by atoms with E-state index in [0.717, 1.165) is 25.7 Å². The fraction of sp³-hybridized carbons (Fsp3) is 0.524. The molecule has 0 bridgehead atoms. The third-order valence-corrected chi connectivity index (χ3v) is 5.21. The minimum absolute atomic E-state index is 0.00331. The Bertz CT molecular complexity index is 732. The van der Waals surface area contributed by atoms with Crippen LogP contribution in [0.4, 0.5) is 0 Å². The van der Waals surface area contributed by atoms with Crippen LogP contribution in [0.15, 0.2) is 24.3 Å². The molecule has 2 atom stereocenters. The zero-order valence-electron chi connectivity index (χ0n) is 17.1. The van der Waals surface area contributed by atoms with Crippen molar-refractivity contribution in [1.29, 1.82) is 0 Å². The Morgan fingerprint density at radius 1 is 1.00 bits per heavy atom. The van der Waals surface area contributed by atoms with Crippen LogP contribution < -0.4 is 0 Å². The number of hydrogen-bond acceptors (Lipinski definition) is 5. The summed E-state index contributed by atoms with van der Waals surface area (Å²) in [5.41, 5.74) is 0.952. The lowest BCUT2D eigenvalue weighted by atomic mass is 10.1. The molecule has 3 amide bonds. The highest BCUT2D eigenvalue weighted by Gasteiger charge is 2.36. The second-order valence-corrected chi connectivity index (χ2v) is 6.89. The number of fused-ring (bicyclic) bond motifs is 1. The van der Waals surface area contributed by atoms with Gasteiger partial charge in [-0.2, -0.15) is 0 Å². The lowest BCUT2D eigenvalue weighted by molar-refractivity contribution is -0.149. The zero-order valence-corrected chi connectivity index (χ0v) is 18.2. The lowest BCUT2D eigenvalue weighted by Crippen LogP contribution is -2.39. The zero-order chi connectivity index (χ0) is 21.4. The Labute approximate surface area is 174 Å². The van der Waals surface area contributed by atoms with Crippen molar-refractivity contribution in [3.8, 4) is 0 Å². The van der Waals surface area contributed by atoms with Gasteiger partial charge in [-0.15, -0.1) is 9.24 Å². The van der Waals surface area contributed by atoms with Crippen LogP contribution in [0, 0.1) is 0 Å². The first-order chi connectivity index (χ1) is 14.0. The maximum Gasteiger partial charge on any atom is 0.328 e. The van der Waals surface area contributed by atoms with Crippen molar-refractivity contribution in [3.05, 3.63) is 35.4 Å². The van der Waals surface area contributed by atoms with E-state index in [1.807, 2.05) is 6.66 Å². The molecule has 2 unspecified atom stereocenters. The number of carbonyl (C=O) groups excluding carboxylic acids is 4. The molecule has 1 saturated heterocycles. The normalized spacial score (nSPS) is 17.9. The summed E-state index contributed by atoms with van der Waals surface area (Å²) >= 11 is 0. The Balaban J connectivity index is 0.00000145. The van der Waals surface area contributed by atoms with E-state index < -0.39 is 6.04 Å². The number of imide groups is 1. The molecule has 8 heteroatoms. The number of carbonyl (C=O) groups is 4. The van der Waals surface area contributed by atoms with Crippen LogP contribution in [-0.2, 0) is 14.3 Å². The third-order valence-electron chi connectivity index (χ3n) is 5.21. The molecule has 7 nitrogen and oxygen atoms in total. The molecule has 158 valence electrons. The van der Waals surface area contributed by atoms with Crippen molar-refractivity contribution in [2.75, 3.05) is 26.9 Å². The summed E-state index contributed by atoms with van der Waals surface area (Å²) in [6.07, 6.45) is 4.12. The summed E-state index contributed by atoms with van der Waals surface area (Å²) in [5.74, 6) is -0.804. The van der Waals surface area contributed by atoms with Gasteiger partial charge in [0.05, 0.1) is 18.2 Å². The van der Waals surface area contributed by atoms with Gasteiger partial charge < -0.3 is 9.64 Å². The number of amides is 3. The molecular weight excluding hydrogens is 391 g/mol. The molecule has 2 heterocycles. The van der Waals surface area contributed by atoms with Gasteiger partial charge in [0.15, 0.2) is 0 Å². The monoisotopic (exact) mass is 420 g/mol. The van der Waals surface area contributed by atoms with Crippen LogP contribution in [-0.4, -0.2) is 66.4 Å². The van der Waals surface area contributed by atoms with Gasteiger partial charge >= 0.3 is 5.97 Å². The molecule has 0 radical (unpaired) electrons. The number of methoxy groups -OCH3 is 1. The molecule has 2 aliphatic heterocycles. The topological polar surface area (TPSA) is 84.0 Å². The minimum Gasteiger partial charge on any atom is -0.467 e. The molecule has 1 fully saturated rings. The van der Waals surface area contributed by atoms with Crippen LogP contribution >= 0.6 is 9.24 Å². The van der Waals surface area contributed by atoms with E-state index in [1.54, 1.807) is 29.2 Å². The molecule has 2 aliphatic rings. The fourth-order valence-electron chi connectivity index (χ4n) is 3.74. The second-order valence-electron chi connectivity index (χ2n) is 6.89. The van der Waals surface area contributed by atoms with E-state index in [4.69, 9.17) is 4.74 Å². The standard InChI is InChI=1S/C20H24N2O5.CH5P/c1-27-20(26)16-10-11-17(23)21(16)12-6-2-3-7-13-22-18(24)14-8-4-5-9-15(14)19(22)25;1-2/h4-5,8-9,16H,2-3,6-7,10-13H2,1H3;2H2,1H3. The van der Waals surface area contributed by atoms with Gasteiger partial charge in [0.25, 0.3) is 11.8 Å². The number of likely N-dealkylation sites (tertiary alicyclic amines) is 1. The summed E-state index contributed by atoms with van der Waals surface area (Å²) in [5, 5.41) is 0. The van der Waals surface area contributed by atoms with Crippen LogP contribution in [0.25, 0.3) is 0 Å². The quantitative estimate of drug-likeness (QED) is 0.279. The number of unbranched alkanes of at least 4 members (excludes halogenated alkanes) is 3. The summed E-state index contributed by atoms with van der Waals surface area (Å²) in [6.45, 7) is 2.85. The summed E-state index contributed by atoms with van der Waals surface area (Å²) in [7, 11) is 3.75. The van der Waals surface area contributed by atoms with E-state index in [1.165, 1.54) is 12.0 Å². The summed E-state index contributed by atoms with van der Waals surface area (Å²) in [6, 6.07) is 6.42. The van der Waals surface area contributed by atoms with E-state index >= 15 is 0 Å².